The van der Waals surface area contributed by atoms with Crippen LogP contribution in [0.2, 0.25) is 0 Å². The number of aliphatic hydroxyl groups is 1. The third kappa shape index (κ3) is 4.38. The first-order valence-electron chi connectivity index (χ1n) is 8.12. The summed E-state index contributed by atoms with van der Waals surface area (Å²) in [6.45, 7) is 1.82. The number of aliphatic imine (C=N–C) groups is 1. The summed E-state index contributed by atoms with van der Waals surface area (Å²) in [4.78, 5) is 17.1. The van der Waals surface area contributed by atoms with E-state index in [9.17, 15) is 19.4 Å². The number of esters is 1. The van der Waals surface area contributed by atoms with Crippen molar-refractivity contribution >= 4 is 34.5 Å². The Kier molecular flexibility index (Phi) is 5.61. The average molecular weight is 385 g/mol. The van der Waals surface area contributed by atoms with E-state index in [1.165, 1.54) is 36.4 Å². The summed E-state index contributed by atoms with van der Waals surface area (Å²) in [5, 5.41) is 20.2. The second-order valence-corrected chi connectivity index (χ2v) is 6.57. The van der Waals surface area contributed by atoms with Gasteiger partial charge >= 0.3 is 5.97 Å². The Labute approximate surface area is 159 Å². The van der Waals surface area contributed by atoms with Gasteiger partial charge in [0.2, 0.25) is 0 Å². The van der Waals surface area contributed by atoms with E-state index in [0.29, 0.717) is 10.6 Å². The van der Waals surface area contributed by atoms with Gasteiger partial charge in [-0.1, -0.05) is 23.9 Å². The van der Waals surface area contributed by atoms with Crippen LogP contribution in [0.25, 0.3) is 6.08 Å². The molecule has 0 saturated carbocycles. The minimum Gasteiger partial charge on any atom is -0.508 e. The Bertz CT molecular complexity index is 947. The van der Waals surface area contributed by atoms with Crippen LogP contribution in [0.5, 0.6) is 5.75 Å². The summed E-state index contributed by atoms with van der Waals surface area (Å²) in [7, 11) is 0. The number of carbonyl (C=O) groups is 1. The summed E-state index contributed by atoms with van der Waals surface area (Å²) in [5.41, 5.74) is 1.14. The molecular weight excluding hydrogens is 369 g/mol. The molecule has 1 aliphatic heterocycles. The third-order valence-electron chi connectivity index (χ3n) is 3.62. The van der Waals surface area contributed by atoms with Gasteiger partial charge in [0.05, 0.1) is 17.2 Å². The van der Waals surface area contributed by atoms with E-state index in [2.05, 4.69) is 4.99 Å². The molecule has 0 bridgehead atoms. The highest BCUT2D eigenvalue weighted by Gasteiger charge is 2.33. The Morgan fingerprint density at radius 1 is 1.15 bits per heavy atom. The van der Waals surface area contributed by atoms with Crippen molar-refractivity contribution in [1.29, 1.82) is 0 Å². The maximum atomic E-state index is 13.1. The molecular formula is C20H16FNO4S. The van der Waals surface area contributed by atoms with Gasteiger partial charge in [-0.3, -0.25) is 0 Å². The zero-order chi connectivity index (χ0) is 19.4. The minimum atomic E-state index is -0.683. The van der Waals surface area contributed by atoms with Crippen LogP contribution in [0.3, 0.4) is 0 Å². The van der Waals surface area contributed by atoms with E-state index >= 15 is 0 Å². The number of rotatable bonds is 4. The largest absolute Gasteiger partial charge is 0.508 e. The molecule has 7 heteroatoms. The van der Waals surface area contributed by atoms with Crippen LogP contribution in [0.4, 0.5) is 10.1 Å². The topological polar surface area (TPSA) is 79.1 Å². The highest BCUT2D eigenvalue weighted by Crippen LogP contribution is 2.40. The molecule has 1 heterocycles. The van der Waals surface area contributed by atoms with E-state index in [-0.39, 0.29) is 28.7 Å². The van der Waals surface area contributed by atoms with Crippen LogP contribution in [0.1, 0.15) is 12.5 Å². The van der Waals surface area contributed by atoms with Gasteiger partial charge in [-0.25, -0.2) is 14.2 Å². The Morgan fingerprint density at radius 3 is 2.44 bits per heavy atom. The van der Waals surface area contributed by atoms with Gasteiger partial charge in [-0.05, 0) is 55.0 Å². The lowest BCUT2D eigenvalue weighted by molar-refractivity contribution is -0.138. The summed E-state index contributed by atoms with van der Waals surface area (Å²) in [6.07, 6.45) is 1.67. The van der Waals surface area contributed by atoms with Crippen molar-refractivity contribution in [2.24, 2.45) is 4.99 Å². The van der Waals surface area contributed by atoms with Gasteiger partial charge in [-0.15, -0.1) is 0 Å². The number of aliphatic hydroxyl groups excluding tert-OH is 1. The number of benzene rings is 2. The predicted octanol–water partition coefficient (Wildman–Crippen LogP) is 4.72. The standard InChI is InChI=1S/C20H16FNO4S/c1-2-26-20(25)17-18(24)16(11-12-3-9-15(23)10-4-12)27-19(17)22-14-7-5-13(21)6-8-14/h3-11,23-24H,2H2,1H3/b16-11-,22-19?. The molecule has 0 aliphatic carbocycles. The number of hydrogen-bond donors (Lipinski definition) is 2. The molecule has 0 radical (unpaired) electrons. The van der Waals surface area contributed by atoms with Crippen molar-refractivity contribution in [2.45, 2.75) is 6.92 Å². The highest BCUT2D eigenvalue weighted by atomic mass is 32.2. The summed E-state index contributed by atoms with van der Waals surface area (Å²) >= 11 is 1.11. The molecule has 2 aromatic rings. The van der Waals surface area contributed by atoms with Crippen LogP contribution in [-0.2, 0) is 9.53 Å². The van der Waals surface area contributed by atoms with Crippen molar-refractivity contribution in [3.05, 3.63) is 76.1 Å². The van der Waals surface area contributed by atoms with Crippen molar-refractivity contribution in [3.63, 3.8) is 0 Å². The maximum absolute atomic E-state index is 13.1. The molecule has 3 rings (SSSR count). The number of halogens is 1. The van der Waals surface area contributed by atoms with Crippen LogP contribution in [-0.4, -0.2) is 27.8 Å². The molecule has 0 amide bonds. The fourth-order valence-electron chi connectivity index (χ4n) is 2.35. The van der Waals surface area contributed by atoms with Gasteiger partial charge in [0.25, 0.3) is 0 Å². The molecule has 0 atom stereocenters. The lowest BCUT2D eigenvalue weighted by Gasteiger charge is -2.03. The molecule has 0 unspecified atom stereocenters. The van der Waals surface area contributed by atoms with Crippen molar-refractivity contribution in [3.8, 4) is 5.75 Å². The number of nitrogens with zero attached hydrogens (tertiary/aromatic N) is 1. The molecule has 2 aromatic carbocycles. The minimum absolute atomic E-state index is 0.0313. The molecule has 1 aliphatic rings. The molecule has 27 heavy (non-hydrogen) atoms. The average Bonchev–Trinajstić information content (AvgIpc) is 2.94. The van der Waals surface area contributed by atoms with Gasteiger partial charge in [-0.2, -0.15) is 0 Å². The van der Waals surface area contributed by atoms with E-state index in [1.54, 1.807) is 25.1 Å². The molecule has 138 valence electrons. The first kappa shape index (κ1) is 18.7. The first-order chi connectivity index (χ1) is 13.0. The number of aromatic hydroxyl groups is 1. The zero-order valence-electron chi connectivity index (χ0n) is 14.3. The zero-order valence-corrected chi connectivity index (χ0v) is 15.2. The van der Waals surface area contributed by atoms with Crippen LogP contribution in [0.15, 0.2) is 69.8 Å². The number of thioether (sulfide) groups is 1. The van der Waals surface area contributed by atoms with E-state index in [0.717, 1.165) is 17.3 Å². The van der Waals surface area contributed by atoms with Gasteiger partial charge in [0.15, 0.2) is 0 Å². The second kappa shape index (κ2) is 8.09. The fraction of sp³-hybridized carbons (Fsp3) is 0.100. The second-order valence-electron chi connectivity index (χ2n) is 5.54. The lowest BCUT2D eigenvalue weighted by Crippen LogP contribution is -2.12. The highest BCUT2D eigenvalue weighted by molar-refractivity contribution is 8.18. The van der Waals surface area contributed by atoms with Crippen molar-refractivity contribution in [2.75, 3.05) is 6.61 Å². The third-order valence-corrected chi connectivity index (χ3v) is 4.64. The molecule has 0 saturated heterocycles. The van der Waals surface area contributed by atoms with E-state index in [1.807, 2.05) is 0 Å². The quantitative estimate of drug-likeness (QED) is 0.744. The summed E-state index contributed by atoms with van der Waals surface area (Å²) in [5.74, 6) is -1.18. The fourth-order valence-corrected chi connectivity index (χ4v) is 3.38. The van der Waals surface area contributed by atoms with Gasteiger partial charge in [0, 0.05) is 0 Å². The Hall–Kier alpha value is -3.06. The Morgan fingerprint density at radius 2 is 1.81 bits per heavy atom. The summed E-state index contributed by atoms with van der Waals surface area (Å²) < 4.78 is 18.1. The monoisotopic (exact) mass is 385 g/mol. The Balaban J connectivity index is 2.02. The normalized spacial score (nSPS) is 17.0. The number of carbonyl (C=O) groups excluding carboxylic acids is 1. The lowest BCUT2D eigenvalue weighted by atomic mass is 10.1. The smallest absolute Gasteiger partial charge is 0.344 e. The number of hydrogen-bond acceptors (Lipinski definition) is 6. The van der Waals surface area contributed by atoms with Crippen LogP contribution >= 0.6 is 11.8 Å². The SMILES string of the molecule is CCOC(=O)C1=C(O)/C(=C/c2ccc(O)cc2)SC1=Nc1ccc(F)cc1. The number of ether oxygens (including phenoxy) is 1. The first-order valence-corrected chi connectivity index (χ1v) is 8.93. The van der Waals surface area contributed by atoms with Gasteiger partial charge < -0.3 is 14.9 Å². The van der Waals surface area contributed by atoms with Crippen molar-refractivity contribution in [1.82, 2.24) is 0 Å². The predicted molar refractivity (Wildman–Crippen MR) is 103 cm³/mol. The number of phenolic OH excluding ortho intramolecular Hbond substituents is 1. The molecule has 5 nitrogen and oxygen atoms in total. The number of phenols is 1. The molecule has 0 aromatic heterocycles. The van der Waals surface area contributed by atoms with Crippen molar-refractivity contribution < 1.29 is 24.1 Å². The molecule has 0 spiro atoms. The van der Waals surface area contributed by atoms with Crippen LogP contribution < -0.4 is 0 Å². The van der Waals surface area contributed by atoms with E-state index < -0.39 is 11.8 Å². The maximum Gasteiger partial charge on any atom is 0.344 e. The van der Waals surface area contributed by atoms with Crippen LogP contribution in [0, 0.1) is 5.82 Å². The molecule has 0 fully saturated rings. The molecule has 2 N–H and O–H groups in total. The van der Waals surface area contributed by atoms with Gasteiger partial charge in [0.1, 0.15) is 27.9 Å². The summed E-state index contributed by atoms with van der Waals surface area (Å²) in [6, 6.07) is 11.9. The van der Waals surface area contributed by atoms with E-state index in [4.69, 9.17) is 4.74 Å².